The first-order valence-corrected chi connectivity index (χ1v) is 5.19. The molecular weight excluding hydrogens is 188 g/mol. The van der Waals surface area contributed by atoms with Gasteiger partial charge in [-0.25, -0.2) is 0 Å². The predicted molar refractivity (Wildman–Crippen MR) is 66.7 cm³/mol. The molecule has 0 rings (SSSR count). The minimum Gasteiger partial charge on any atom is -0.369 e. The van der Waals surface area contributed by atoms with Crippen LogP contribution in [0.3, 0.4) is 0 Å². The van der Waals surface area contributed by atoms with E-state index in [1.54, 1.807) is 0 Å². The summed E-state index contributed by atoms with van der Waals surface area (Å²) in [5, 5.41) is 7.45. The summed E-state index contributed by atoms with van der Waals surface area (Å²) in [7, 11) is 0. The van der Waals surface area contributed by atoms with Gasteiger partial charge in [0.2, 0.25) is 5.96 Å². The highest BCUT2D eigenvalue weighted by atomic mass is 15.3. The molecule has 0 fully saturated rings. The van der Waals surface area contributed by atoms with E-state index in [1.807, 2.05) is 6.21 Å². The number of nitrogens with zero attached hydrogens (tertiary/aromatic N) is 2. The van der Waals surface area contributed by atoms with E-state index in [4.69, 9.17) is 11.5 Å². The first-order chi connectivity index (χ1) is 6.93. The van der Waals surface area contributed by atoms with E-state index in [2.05, 4.69) is 44.0 Å². The van der Waals surface area contributed by atoms with Gasteiger partial charge in [0.15, 0.2) is 0 Å². The lowest BCUT2D eigenvalue weighted by Gasteiger charge is -2.13. The van der Waals surface area contributed by atoms with Crippen molar-refractivity contribution < 1.29 is 0 Å². The van der Waals surface area contributed by atoms with Crippen molar-refractivity contribution in [1.82, 2.24) is 0 Å². The van der Waals surface area contributed by atoms with E-state index in [-0.39, 0.29) is 5.96 Å². The van der Waals surface area contributed by atoms with Crippen molar-refractivity contribution in [3.8, 4) is 0 Å². The smallest absolute Gasteiger partial charge is 0.211 e. The van der Waals surface area contributed by atoms with E-state index in [0.29, 0.717) is 11.8 Å². The highest BCUT2D eigenvalue weighted by molar-refractivity contribution is 5.76. The molecule has 4 heteroatoms. The normalized spacial score (nSPS) is 12.9. The van der Waals surface area contributed by atoms with Crippen LogP contribution in [-0.4, -0.2) is 12.2 Å². The molecule has 0 amide bonds. The summed E-state index contributed by atoms with van der Waals surface area (Å²) in [5.74, 6) is 0.900. The van der Waals surface area contributed by atoms with Crippen LogP contribution in [0.5, 0.6) is 0 Å². The molecule has 0 aliphatic carbocycles. The molecule has 0 spiro atoms. The molecule has 4 nitrogen and oxygen atoms in total. The van der Waals surface area contributed by atoms with E-state index >= 15 is 0 Å². The maximum atomic E-state index is 5.18. The molecule has 0 aliphatic rings. The van der Waals surface area contributed by atoms with E-state index in [9.17, 15) is 0 Å². The van der Waals surface area contributed by atoms with Crippen LogP contribution in [0.1, 0.15) is 34.1 Å². The molecule has 0 saturated heterocycles. The Bertz CT molecular complexity index is 256. The Morgan fingerprint density at radius 2 is 1.87 bits per heavy atom. The Kier molecular flexibility index (Phi) is 6.42. The minimum atomic E-state index is -0.00373. The third-order valence-corrected chi connectivity index (χ3v) is 2.09. The van der Waals surface area contributed by atoms with Crippen molar-refractivity contribution in [3.63, 3.8) is 0 Å². The molecule has 15 heavy (non-hydrogen) atoms. The minimum absolute atomic E-state index is 0.00373. The highest BCUT2D eigenvalue weighted by Crippen LogP contribution is 2.14. The molecule has 4 N–H and O–H groups in total. The third-order valence-electron chi connectivity index (χ3n) is 2.09. The van der Waals surface area contributed by atoms with E-state index in [1.165, 1.54) is 5.57 Å². The highest BCUT2D eigenvalue weighted by Gasteiger charge is 2.08. The van der Waals surface area contributed by atoms with Gasteiger partial charge in [0.05, 0.1) is 0 Å². The SMILES string of the molecule is CC(C)=CCC(C=NN=C(N)N)C(C)C. The molecule has 0 aromatic carbocycles. The summed E-state index contributed by atoms with van der Waals surface area (Å²) < 4.78 is 0. The molecule has 0 aromatic heterocycles. The number of rotatable bonds is 5. The molecule has 0 radical (unpaired) electrons. The first-order valence-electron chi connectivity index (χ1n) is 5.19. The van der Waals surface area contributed by atoms with Gasteiger partial charge in [-0.15, -0.1) is 5.10 Å². The molecule has 0 aliphatic heterocycles. The summed E-state index contributed by atoms with van der Waals surface area (Å²) >= 11 is 0. The van der Waals surface area contributed by atoms with Gasteiger partial charge < -0.3 is 11.5 Å². The summed E-state index contributed by atoms with van der Waals surface area (Å²) in [5.41, 5.74) is 11.7. The fourth-order valence-corrected chi connectivity index (χ4v) is 1.06. The summed E-state index contributed by atoms with van der Waals surface area (Å²) in [6.45, 7) is 8.49. The van der Waals surface area contributed by atoms with Gasteiger partial charge >= 0.3 is 0 Å². The van der Waals surface area contributed by atoms with Crippen molar-refractivity contribution in [2.24, 2.45) is 33.5 Å². The van der Waals surface area contributed by atoms with Crippen LogP contribution in [0, 0.1) is 11.8 Å². The quantitative estimate of drug-likeness (QED) is 0.314. The summed E-state index contributed by atoms with van der Waals surface area (Å²) in [6.07, 6.45) is 4.99. The zero-order valence-corrected chi connectivity index (χ0v) is 10.1. The predicted octanol–water partition coefficient (Wildman–Crippen LogP) is 1.87. The fraction of sp³-hybridized carbons (Fsp3) is 0.636. The standard InChI is InChI=1S/C11H22N4/c1-8(2)5-6-10(9(3)4)7-14-15-11(12)13/h5,7,9-10H,6H2,1-4H3,(H4,12,13,15). The Balaban J connectivity index is 4.35. The van der Waals surface area contributed by atoms with Gasteiger partial charge in [-0.3, -0.25) is 0 Å². The number of hydrogen-bond donors (Lipinski definition) is 2. The van der Waals surface area contributed by atoms with E-state index < -0.39 is 0 Å². The van der Waals surface area contributed by atoms with Crippen LogP contribution in [0.25, 0.3) is 0 Å². The van der Waals surface area contributed by atoms with Gasteiger partial charge in [0.25, 0.3) is 0 Å². The van der Waals surface area contributed by atoms with Gasteiger partial charge in [-0.2, -0.15) is 5.10 Å². The molecule has 0 aromatic rings. The molecule has 86 valence electrons. The summed E-state index contributed by atoms with van der Waals surface area (Å²) in [4.78, 5) is 0. The van der Waals surface area contributed by atoms with Crippen molar-refractivity contribution >= 4 is 12.2 Å². The average molecular weight is 210 g/mol. The largest absolute Gasteiger partial charge is 0.369 e. The van der Waals surface area contributed by atoms with Crippen LogP contribution < -0.4 is 11.5 Å². The fourth-order valence-electron chi connectivity index (χ4n) is 1.06. The Morgan fingerprint density at radius 1 is 1.27 bits per heavy atom. The zero-order chi connectivity index (χ0) is 11.8. The zero-order valence-electron chi connectivity index (χ0n) is 10.1. The number of nitrogens with two attached hydrogens (primary N) is 2. The lowest BCUT2D eigenvalue weighted by Crippen LogP contribution is -2.22. The topological polar surface area (TPSA) is 76.8 Å². The second-order valence-corrected chi connectivity index (χ2v) is 4.21. The average Bonchev–Trinajstić information content (AvgIpc) is 2.09. The van der Waals surface area contributed by atoms with E-state index in [0.717, 1.165) is 6.42 Å². The number of allylic oxidation sites excluding steroid dienone is 2. The Morgan fingerprint density at radius 3 is 2.27 bits per heavy atom. The van der Waals surface area contributed by atoms with Gasteiger partial charge in [0, 0.05) is 12.1 Å². The molecular formula is C11H22N4. The van der Waals surface area contributed by atoms with Crippen LogP contribution in [-0.2, 0) is 0 Å². The van der Waals surface area contributed by atoms with Gasteiger partial charge in [-0.1, -0.05) is 25.5 Å². The van der Waals surface area contributed by atoms with Crippen molar-refractivity contribution in [1.29, 1.82) is 0 Å². The van der Waals surface area contributed by atoms with Crippen molar-refractivity contribution in [2.45, 2.75) is 34.1 Å². The maximum absolute atomic E-state index is 5.18. The molecule has 1 unspecified atom stereocenters. The lowest BCUT2D eigenvalue weighted by atomic mass is 9.93. The van der Waals surface area contributed by atoms with Crippen LogP contribution >= 0.6 is 0 Å². The van der Waals surface area contributed by atoms with Gasteiger partial charge in [-0.05, 0) is 26.2 Å². The molecule has 1 atom stereocenters. The summed E-state index contributed by atoms with van der Waals surface area (Å²) in [6, 6.07) is 0. The first kappa shape index (κ1) is 13.7. The van der Waals surface area contributed by atoms with Crippen molar-refractivity contribution in [3.05, 3.63) is 11.6 Å². The third kappa shape index (κ3) is 7.73. The second-order valence-electron chi connectivity index (χ2n) is 4.21. The van der Waals surface area contributed by atoms with Gasteiger partial charge in [0.1, 0.15) is 0 Å². The maximum Gasteiger partial charge on any atom is 0.211 e. The van der Waals surface area contributed by atoms with Crippen LogP contribution in [0.2, 0.25) is 0 Å². The molecule has 0 heterocycles. The molecule has 0 saturated carbocycles. The molecule has 0 bridgehead atoms. The Hall–Kier alpha value is -1.32. The second kappa shape index (κ2) is 7.04. The lowest BCUT2D eigenvalue weighted by molar-refractivity contribution is 0.505. The monoisotopic (exact) mass is 210 g/mol. The number of guanidine groups is 1. The van der Waals surface area contributed by atoms with Crippen LogP contribution in [0.4, 0.5) is 0 Å². The van der Waals surface area contributed by atoms with Crippen molar-refractivity contribution in [2.75, 3.05) is 0 Å². The number of hydrogen-bond acceptors (Lipinski definition) is 2. The Labute approximate surface area is 92.1 Å². The van der Waals surface area contributed by atoms with Crippen LogP contribution in [0.15, 0.2) is 21.9 Å².